The zero-order chi connectivity index (χ0) is 12.3. The lowest BCUT2D eigenvalue weighted by Crippen LogP contribution is -2.18. The van der Waals surface area contributed by atoms with Crippen LogP contribution in [-0.2, 0) is 6.42 Å². The third-order valence-corrected chi connectivity index (χ3v) is 4.59. The van der Waals surface area contributed by atoms with Crippen LogP contribution in [0.5, 0.6) is 5.75 Å². The van der Waals surface area contributed by atoms with Gasteiger partial charge < -0.3 is 10.1 Å². The van der Waals surface area contributed by atoms with Crippen LogP contribution in [0, 0.1) is 6.92 Å². The lowest BCUT2D eigenvalue weighted by molar-refractivity contribution is 0.405. The fraction of sp³-hybridized carbons (Fsp3) is 0.417. The van der Waals surface area contributed by atoms with Crippen LogP contribution in [0.1, 0.15) is 21.6 Å². The molecule has 2 aromatic heterocycles. The molecule has 0 radical (unpaired) electrons. The Morgan fingerprint density at radius 2 is 2.29 bits per heavy atom. The van der Waals surface area contributed by atoms with Gasteiger partial charge in [-0.2, -0.15) is 0 Å². The van der Waals surface area contributed by atoms with Crippen molar-refractivity contribution in [2.75, 3.05) is 14.2 Å². The summed E-state index contributed by atoms with van der Waals surface area (Å²) < 4.78 is 5.36. The van der Waals surface area contributed by atoms with Crippen LogP contribution in [-0.4, -0.2) is 19.1 Å². The van der Waals surface area contributed by atoms with E-state index in [1.807, 2.05) is 20.0 Å². The second-order valence-corrected chi connectivity index (χ2v) is 5.67. The molecule has 92 valence electrons. The molecule has 2 rings (SSSR count). The molecule has 0 aliphatic carbocycles. The molecular formula is C12H16N2OS2. The number of ether oxygens (including phenoxy) is 1. The number of nitrogens with one attached hydrogen (secondary N) is 1. The van der Waals surface area contributed by atoms with Gasteiger partial charge in [0.1, 0.15) is 5.75 Å². The molecule has 17 heavy (non-hydrogen) atoms. The lowest BCUT2D eigenvalue weighted by atomic mass is 10.1. The van der Waals surface area contributed by atoms with Crippen molar-refractivity contribution in [3.05, 3.63) is 32.4 Å². The van der Waals surface area contributed by atoms with E-state index < -0.39 is 0 Å². The maximum atomic E-state index is 5.36. The molecule has 1 atom stereocenters. The standard InChI is InChI=1S/C12H16N2OS2/c1-8-7-17-11(14-8)6-9(13-2)12-10(15-3)4-5-16-12/h4-5,7,9,13H,6H2,1-3H3. The van der Waals surface area contributed by atoms with Crippen LogP contribution in [0.25, 0.3) is 0 Å². The molecule has 0 aliphatic heterocycles. The monoisotopic (exact) mass is 268 g/mol. The number of nitrogens with zero attached hydrogens (tertiary/aromatic N) is 1. The first kappa shape index (κ1) is 12.5. The summed E-state index contributed by atoms with van der Waals surface area (Å²) in [5.74, 6) is 0.961. The molecule has 0 amide bonds. The minimum atomic E-state index is 0.274. The van der Waals surface area contributed by atoms with Crippen molar-refractivity contribution >= 4 is 22.7 Å². The highest BCUT2D eigenvalue weighted by molar-refractivity contribution is 7.10. The van der Waals surface area contributed by atoms with Crippen LogP contribution in [0.3, 0.4) is 0 Å². The first-order chi connectivity index (χ1) is 8.24. The van der Waals surface area contributed by atoms with Crippen molar-refractivity contribution in [1.82, 2.24) is 10.3 Å². The molecule has 2 aromatic rings. The van der Waals surface area contributed by atoms with Gasteiger partial charge in [-0.05, 0) is 25.4 Å². The van der Waals surface area contributed by atoms with E-state index in [0.717, 1.165) is 22.9 Å². The predicted octanol–water partition coefficient (Wildman–Crippen LogP) is 3.02. The highest BCUT2D eigenvalue weighted by Crippen LogP contribution is 2.32. The second kappa shape index (κ2) is 5.62. The Bertz CT molecular complexity index is 478. The molecule has 0 aromatic carbocycles. The maximum Gasteiger partial charge on any atom is 0.134 e. The topological polar surface area (TPSA) is 34.2 Å². The number of likely N-dealkylation sites (N-methyl/N-ethyl adjacent to an activating group) is 1. The van der Waals surface area contributed by atoms with Gasteiger partial charge in [-0.3, -0.25) is 0 Å². The minimum Gasteiger partial charge on any atom is -0.496 e. The molecule has 0 fully saturated rings. The number of aryl methyl sites for hydroxylation is 1. The largest absolute Gasteiger partial charge is 0.496 e. The molecule has 0 aliphatic rings. The Kier molecular flexibility index (Phi) is 4.15. The van der Waals surface area contributed by atoms with Crippen molar-refractivity contribution in [1.29, 1.82) is 0 Å². The van der Waals surface area contributed by atoms with Crippen LogP contribution < -0.4 is 10.1 Å². The summed E-state index contributed by atoms with van der Waals surface area (Å²) in [7, 11) is 3.69. The quantitative estimate of drug-likeness (QED) is 0.905. The van der Waals surface area contributed by atoms with Gasteiger partial charge in [0.05, 0.1) is 23.0 Å². The van der Waals surface area contributed by atoms with E-state index in [-0.39, 0.29) is 6.04 Å². The average Bonchev–Trinajstić information content (AvgIpc) is 2.94. The normalized spacial score (nSPS) is 12.6. The fourth-order valence-corrected chi connectivity index (χ4v) is 3.52. The van der Waals surface area contributed by atoms with Crippen LogP contribution in [0.4, 0.5) is 0 Å². The number of hydrogen-bond donors (Lipinski definition) is 1. The third kappa shape index (κ3) is 2.86. The van der Waals surface area contributed by atoms with E-state index in [2.05, 4.69) is 21.1 Å². The van der Waals surface area contributed by atoms with Gasteiger partial charge in [0.25, 0.3) is 0 Å². The Hall–Kier alpha value is -0.910. The third-order valence-electron chi connectivity index (χ3n) is 2.59. The first-order valence-corrected chi connectivity index (χ1v) is 7.20. The summed E-state index contributed by atoms with van der Waals surface area (Å²) >= 11 is 3.44. The smallest absolute Gasteiger partial charge is 0.134 e. The van der Waals surface area contributed by atoms with E-state index in [0.29, 0.717) is 0 Å². The van der Waals surface area contributed by atoms with Crippen LogP contribution in [0.2, 0.25) is 0 Å². The zero-order valence-electron chi connectivity index (χ0n) is 10.2. The number of rotatable bonds is 5. The van der Waals surface area contributed by atoms with E-state index in [9.17, 15) is 0 Å². The maximum absolute atomic E-state index is 5.36. The molecule has 1 unspecified atom stereocenters. The number of methoxy groups -OCH3 is 1. The molecule has 2 heterocycles. The van der Waals surface area contributed by atoms with Gasteiger partial charge in [-0.1, -0.05) is 0 Å². The predicted molar refractivity (Wildman–Crippen MR) is 73.2 cm³/mol. The average molecular weight is 268 g/mol. The molecule has 0 saturated carbocycles. The number of thiophene rings is 1. The zero-order valence-corrected chi connectivity index (χ0v) is 11.8. The van der Waals surface area contributed by atoms with Crippen LogP contribution in [0.15, 0.2) is 16.8 Å². The molecule has 1 N–H and O–H groups in total. The molecule has 5 heteroatoms. The van der Waals surface area contributed by atoms with Gasteiger partial charge in [-0.15, -0.1) is 22.7 Å². The molecular weight excluding hydrogens is 252 g/mol. The Labute approximate surface area is 109 Å². The summed E-state index contributed by atoms with van der Waals surface area (Å²) in [5, 5.41) is 8.65. The van der Waals surface area contributed by atoms with Crippen molar-refractivity contribution in [2.45, 2.75) is 19.4 Å². The number of thiazole rings is 1. The summed E-state index contributed by atoms with van der Waals surface area (Å²) in [6.07, 6.45) is 0.909. The van der Waals surface area contributed by atoms with Crippen molar-refractivity contribution < 1.29 is 4.74 Å². The van der Waals surface area contributed by atoms with Gasteiger partial charge in [-0.25, -0.2) is 4.98 Å². The molecule has 0 saturated heterocycles. The van der Waals surface area contributed by atoms with Crippen molar-refractivity contribution in [3.63, 3.8) is 0 Å². The van der Waals surface area contributed by atoms with Gasteiger partial charge in [0, 0.05) is 17.5 Å². The molecule has 0 spiro atoms. The van der Waals surface area contributed by atoms with Crippen LogP contribution >= 0.6 is 22.7 Å². The minimum absolute atomic E-state index is 0.274. The fourth-order valence-electron chi connectivity index (χ4n) is 1.73. The lowest BCUT2D eigenvalue weighted by Gasteiger charge is -2.14. The summed E-state index contributed by atoms with van der Waals surface area (Å²) in [6, 6.07) is 2.28. The van der Waals surface area contributed by atoms with Crippen molar-refractivity contribution in [3.8, 4) is 5.75 Å². The summed E-state index contributed by atoms with van der Waals surface area (Å²) in [4.78, 5) is 5.74. The Morgan fingerprint density at radius 1 is 1.47 bits per heavy atom. The molecule has 3 nitrogen and oxygen atoms in total. The Balaban J connectivity index is 2.16. The van der Waals surface area contributed by atoms with Crippen molar-refractivity contribution in [2.24, 2.45) is 0 Å². The SMILES string of the molecule is CNC(Cc1nc(C)cs1)c1sccc1OC. The number of aromatic nitrogens is 1. The van der Waals surface area contributed by atoms with Gasteiger partial charge >= 0.3 is 0 Å². The summed E-state index contributed by atoms with van der Waals surface area (Å²) in [5.41, 5.74) is 1.10. The van der Waals surface area contributed by atoms with Gasteiger partial charge in [0.2, 0.25) is 0 Å². The highest BCUT2D eigenvalue weighted by Gasteiger charge is 2.17. The van der Waals surface area contributed by atoms with E-state index in [4.69, 9.17) is 4.74 Å². The second-order valence-electron chi connectivity index (χ2n) is 3.78. The van der Waals surface area contributed by atoms with E-state index in [1.54, 1.807) is 29.8 Å². The van der Waals surface area contributed by atoms with E-state index in [1.165, 1.54) is 4.88 Å². The number of hydrogen-bond acceptors (Lipinski definition) is 5. The summed E-state index contributed by atoms with van der Waals surface area (Å²) in [6.45, 7) is 2.03. The Morgan fingerprint density at radius 3 is 2.88 bits per heavy atom. The highest BCUT2D eigenvalue weighted by atomic mass is 32.1. The first-order valence-electron chi connectivity index (χ1n) is 5.44. The van der Waals surface area contributed by atoms with Gasteiger partial charge in [0.15, 0.2) is 0 Å². The van der Waals surface area contributed by atoms with E-state index >= 15 is 0 Å². The molecule has 0 bridgehead atoms.